The van der Waals surface area contributed by atoms with Gasteiger partial charge in [0, 0.05) is 28.2 Å². The van der Waals surface area contributed by atoms with Crippen LogP contribution in [0.2, 0.25) is 0 Å². The van der Waals surface area contributed by atoms with Crippen molar-refractivity contribution in [1.29, 1.82) is 0 Å². The van der Waals surface area contributed by atoms with Crippen LogP contribution >= 0.6 is 11.6 Å². The van der Waals surface area contributed by atoms with Crippen molar-refractivity contribution in [3.63, 3.8) is 0 Å². The Hall–Kier alpha value is -1.08. The van der Waals surface area contributed by atoms with Crippen molar-refractivity contribution in [3.05, 3.63) is 22.8 Å². The Labute approximate surface area is 168 Å². The average Bonchev–Trinajstić information content (AvgIpc) is 2.91. The molecule has 0 heterocycles. The molecule has 0 spiro atoms. The number of hydrogen-bond donors (Lipinski definition) is 3. The lowest BCUT2D eigenvalue weighted by atomic mass is 9.45. The van der Waals surface area contributed by atoms with Crippen molar-refractivity contribution in [3.8, 4) is 0 Å². The Morgan fingerprint density at radius 2 is 2.04 bits per heavy atom. The Morgan fingerprint density at radius 3 is 2.68 bits per heavy atom. The first-order valence-corrected chi connectivity index (χ1v) is 10.2. The molecule has 2 saturated carbocycles. The van der Waals surface area contributed by atoms with Gasteiger partial charge in [0.2, 0.25) is 0 Å². The fourth-order valence-electron chi connectivity index (χ4n) is 6.68. The fourth-order valence-corrected chi connectivity index (χ4v) is 7.08. The van der Waals surface area contributed by atoms with Gasteiger partial charge in [0.25, 0.3) is 0 Å². The molecular formula is C21H26ClFO5. The molecule has 0 aromatic rings. The van der Waals surface area contributed by atoms with Crippen molar-refractivity contribution < 1.29 is 29.3 Å². The summed E-state index contributed by atoms with van der Waals surface area (Å²) in [4.78, 5) is 24.3. The van der Waals surface area contributed by atoms with E-state index < -0.39 is 52.4 Å². The number of rotatable bonds is 2. The highest BCUT2D eigenvalue weighted by atomic mass is 35.5. The summed E-state index contributed by atoms with van der Waals surface area (Å²) in [6.07, 6.45) is 2.33. The normalized spacial score (nSPS) is 50.2. The van der Waals surface area contributed by atoms with Gasteiger partial charge in [0.15, 0.2) is 17.2 Å². The number of aliphatic hydroxyl groups excluding tert-OH is 2. The number of fused-ring (bicyclic) bond motifs is 5. The molecular weight excluding hydrogens is 387 g/mol. The molecule has 28 heavy (non-hydrogen) atoms. The zero-order chi connectivity index (χ0) is 20.7. The van der Waals surface area contributed by atoms with Crippen LogP contribution in [0.3, 0.4) is 0 Å². The van der Waals surface area contributed by atoms with Gasteiger partial charge in [-0.05, 0) is 43.3 Å². The summed E-state index contributed by atoms with van der Waals surface area (Å²) in [5.41, 5.74) is -5.65. The van der Waals surface area contributed by atoms with E-state index in [9.17, 15) is 24.9 Å². The molecule has 0 saturated heterocycles. The summed E-state index contributed by atoms with van der Waals surface area (Å²) in [6.45, 7) is 2.60. The van der Waals surface area contributed by atoms with Crippen molar-refractivity contribution in [2.75, 3.05) is 6.61 Å². The van der Waals surface area contributed by atoms with Gasteiger partial charge >= 0.3 is 0 Å². The van der Waals surface area contributed by atoms with E-state index >= 15 is 4.39 Å². The zero-order valence-electron chi connectivity index (χ0n) is 16.0. The Morgan fingerprint density at radius 1 is 1.36 bits per heavy atom. The van der Waals surface area contributed by atoms with Crippen molar-refractivity contribution in [2.45, 2.75) is 63.3 Å². The molecule has 0 aliphatic heterocycles. The summed E-state index contributed by atoms with van der Waals surface area (Å²) in [5, 5.41) is 31.9. The van der Waals surface area contributed by atoms with Crippen LogP contribution in [0.4, 0.5) is 4.39 Å². The number of aliphatic hydroxyl groups is 3. The predicted molar refractivity (Wildman–Crippen MR) is 100 cm³/mol. The minimum atomic E-state index is -2.06. The molecule has 4 aliphatic rings. The third-order valence-electron chi connectivity index (χ3n) is 8.41. The summed E-state index contributed by atoms with van der Waals surface area (Å²) in [5.74, 6) is -2.03. The largest absolute Gasteiger partial charge is 0.390 e. The molecule has 4 rings (SSSR count). The second kappa shape index (κ2) is 5.97. The maximum atomic E-state index is 16.9. The van der Waals surface area contributed by atoms with Gasteiger partial charge in [-0.2, -0.15) is 0 Å². The van der Waals surface area contributed by atoms with E-state index in [0.717, 1.165) is 0 Å². The number of ketones is 2. The van der Waals surface area contributed by atoms with Crippen LogP contribution in [0, 0.1) is 22.7 Å². The number of halogens is 2. The Kier molecular flexibility index (Phi) is 4.31. The van der Waals surface area contributed by atoms with Crippen molar-refractivity contribution in [2.24, 2.45) is 22.7 Å². The molecule has 7 heteroatoms. The topological polar surface area (TPSA) is 94.8 Å². The van der Waals surface area contributed by atoms with Crippen LogP contribution < -0.4 is 0 Å². The first kappa shape index (κ1) is 20.2. The minimum Gasteiger partial charge on any atom is -0.390 e. The maximum Gasteiger partial charge on any atom is 0.190 e. The van der Waals surface area contributed by atoms with Crippen molar-refractivity contribution >= 4 is 23.2 Å². The first-order chi connectivity index (χ1) is 13.0. The van der Waals surface area contributed by atoms with E-state index in [2.05, 4.69) is 0 Å². The van der Waals surface area contributed by atoms with E-state index in [1.165, 1.54) is 6.08 Å². The molecule has 0 aromatic carbocycles. The average molecular weight is 413 g/mol. The smallest absolute Gasteiger partial charge is 0.190 e. The van der Waals surface area contributed by atoms with E-state index in [4.69, 9.17) is 11.6 Å². The molecule has 0 bridgehead atoms. The van der Waals surface area contributed by atoms with Gasteiger partial charge in [-0.15, -0.1) is 0 Å². The van der Waals surface area contributed by atoms with Crippen LogP contribution in [0.1, 0.15) is 46.0 Å². The fraction of sp³-hybridized carbons (Fsp3) is 0.714. The number of Topliss-reactive ketones (excluding diaryl/α,β-unsaturated/α-hetero) is 1. The molecule has 3 N–H and O–H groups in total. The monoisotopic (exact) mass is 412 g/mol. The lowest BCUT2D eigenvalue weighted by molar-refractivity contribution is -0.210. The highest BCUT2D eigenvalue weighted by Crippen LogP contribution is 2.70. The molecule has 2 fully saturated rings. The van der Waals surface area contributed by atoms with Crippen LogP contribution in [0.25, 0.3) is 0 Å². The van der Waals surface area contributed by atoms with E-state index in [1.807, 2.05) is 0 Å². The minimum absolute atomic E-state index is 0.102. The number of carbonyl (C=O) groups excluding carboxylic acids is 2. The van der Waals surface area contributed by atoms with Gasteiger partial charge in [-0.1, -0.05) is 31.5 Å². The SMILES string of the molecule is C[C@]12CCC(=O)C=C1C(Cl)=C[C@H]1[C@@H]3CC[C@](O)(C(=O)CO)[C@@]3(C)CC(O)[C@@]12F. The van der Waals surface area contributed by atoms with Gasteiger partial charge in [0.05, 0.1) is 6.10 Å². The quantitative estimate of drug-likeness (QED) is 0.646. The highest BCUT2D eigenvalue weighted by molar-refractivity contribution is 6.32. The molecule has 154 valence electrons. The third kappa shape index (κ3) is 2.12. The number of alkyl halides is 1. The number of allylic oxidation sites excluding steroid dienone is 4. The second-order valence-corrected chi connectivity index (χ2v) is 9.80. The molecule has 0 amide bonds. The molecule has 7 atom stereocenters. The molecule has 1 unspecified atom stereocenters. The Bertz CT molecular complexity index is 824. The van der Waals surface area contributed by atoms with E-state index in [1.54, 1.807) is 19.9 Å². The summed E-state index contributed by atoms with van der Waals surface area (Å²) in [7, 11) is 0. The third-order valence-corrected chi connectivity index (χ3v) is 8.74. The molecule has 0 radical (unpaired) electrons. The number of carbonyl (C=O) groups is 2. The summed E-state index contributed by atoms with van der Waals surface area (Å²) in [6, 6.07) is 0. The van der Waals surface area contributed by atoms with Gasteiger partial charge in [0.1, 0.15) is 12.2 Å². The van der Waals surface area contributed by atoms with E-state index in [-0.39, 0.29) is 31.5 Å². The second-order valence-electron chi connectivity index (χ2n) is 9.39. The standard InChI is InChI=1S/C21H26ClFO5/c1-18-5-3-11(25)7-14(18)15(22)8-13-12-4-6-20(28,17(27)10-24)19(12,2)9-16(26)21(13,18)23/h7-8,12-13,16,24,26,28H,3-6,9-10H2,1-2H3/t12-,13-,16?,18-,19-,20-,21-/m0/s1. The summed E-state index contributed by atoms with van der Waals surface area (Å²) >= 11 is 6.49. The van der Waals surface area contributed by atoms with Gasteiger partial charge < -0.3 is 15.3 Å². The lowest BCUT2D eigenvalue weighted by Gasteiger charge is -2.62. The van der Waals surface area contributed by atoms with Crippen LogP contribution in [0.15, 0.2) is 22.8 Å². The highest BCUT2D eigenvalue weighted by Gasteiger charge is 2.74. The Balaban J connectivity index is 1.89. The zero-order valence-corrected chi connectivity index (χ0v) is 16.8. The number of hydrogen-bond acceptors (Lipinski definition) is 5. The van der Waals surface area contributed by atoms with Crippen LogP contribution in [-0.4, -0.2) is 50.9 Å². The summed E-state index contributed by atoms with van der Waals surface area (Å²) < 4.78 is 16.9. The van der Waals surface area contributed by atoms with Gasteiger partial charge in [-0.3, -0.25) is 9.59 Å². The van der Waals surface area contributed by atoms with Crippen LogP contribution in [0.5, 0.6) is 0 Å². The van der Waals surface area contributed by atoms with Crippen LogP contribution in [-0.2, 0) is 9.59 Å². The molecule has 0 aromatic heterocycles. The first-order valence-electron chi connectivity index (χ1n) is 9.82. The molecule has 5 nitrogen and oxygen atoms in total. The maximum absolute atomic E-state index is 16.9. The lowest BCUT2D eigenvalue weighted by Crippen LogP contribution is -2.69. The van der Waals surface area contributed by atoms with E-state index in [0.29, 0.717) is 17.0 Å². The van der Waals surface area contributed by atoms with Crippen molar-refractivity contribution in [1.82, 2.24) is 0 Å². The molecule has 4 aliphatic carbocycles. The van der Waals surface area contributed by atoms with Gasteiger partial charge in [-0.25, -0.2) is 4.39 Å². The predicted octanol–water partition coefficient (Wildman–Crippen LogP) is 2.22.